The van der Waals surface area contributed by atoms with E-state index in [9.17, 15) is 9.59 Å². The van der Waals surface area contributed by atoms with Gasteiger partial charge in [0.15, 0.2) is 0 Å². The molecule has 2 amide bonds. The topological polar surface area (TPSA) is 62.3 Å². The highest BCUT2D eigenvalue weighted by atomic mass is 32.2. The maximum Gasteiger partial charge on any atom is 0.253 e. The lowest BCUT2D eigenvalue weighted by atomic mass is 10.1. The fourth-order valence-corrected chi connectivity index (χ4v) is 4.37. The number of thiazole rings is 1. The second kappa shape index (κ2) is 9.71. The van der Waals surface area contributed by atoms with Gasteiger partial charge in [-0.3, -0.25) is 9.59 Å². The van der Waals surface area contributed by atoms with Gasteiger partial charge in [-0.1, -0.05) is 24.3 Å². The molecule has 29 heavy (non-hydrogen) atoms. The molecule has 0 radical (unpaired) electrons. The molecule has 0 aliphatic heterocycles. The first kappa shape index (κ1) is 21.1. The van der Waals surface area contributed by atoms with Crippen molar-refractivity contribution >= 4 is 34.9 Å². The van der Waals surface area contributed by atoms with Crippen molar-refractivity contribution in [3.05, 3.63) is 81.3 Å². The van der Waals surface area contributed by atoms with Gasteiger partial charge in [0.2, 0.25) is 0 Å². The summed E-state index contributed by atoms with van der Waals surface area (Å²) in [6.45, 7) is 2.39. The number of rotatable bonds is 7. The smallest absolute Gasteiger partial charge is 0.253 e. The molecule has 0 saturated carbocycles. The molecule has 0 fully saturated rings. The van der Waals surface area contributed by atoms with Gasteiger partial charge in [-0.2, -0.15) is 0 Å². The molecule has 0 unspecified atom stereocenters. The van der Waals surface area contributed by atoms with Crippen LogP contribution in [0.1, 0.15) is 37.0 Å². The predicted octanol–water partition coefficient (Wildman–Crippen LogP) is 4.38. The highest BCUT2D eigenvalue weighted by Crippen LogP contribution is 2.27. The Hall–Kier alpha value is -2.64. The molecule has 3 rings (SSSR count). The van der Waals surface area contributed by atoms with Crippen LogP contribution in [0.5, 0.6) is 0 Å². The van der Waals surface area contributed by atoms with Crippen LogP contribution >= 0.6 is 23.1 Å². The third-order valence-electron chi connectivity index (χ3n) is 4.23. The Balaban J connectivity index is 1.61. The summed E-state index contributed by atoms with van der Waals surface area (Å²) in [5.41, 5.74) is 3.25. The third kappa shape index (κ3) is 5.68. The van der Waals surface area contributed by atoms with Gasteiger partial charge < -0.3 is 10.2 Å². The lowest BCUT2D eigenvalue weighted by Crippen LogP contribution is -2.24. The Morgan fingerprint density at radius 3 is 2.48 bits per heavy atom. The van der Waals surface area contributed by atoms with Crippen molar-refractivity contribution in [3.63, 3.8) is 0 Å². The molecule has 0 aliphatic carbocycles. The fraction of sp³-hybridized carbons (Fsp3) is 0.227. The van der Waals surface area contributed by atoms with Gasteiger partial charge >= 0.3 is 0 Å². The van der Waals surface area contributed by atoms with Crippen molar-refractivity contribution in [2.75, 3.05) is 14.1 Å². The van der Waals surface area contributed by atoms with Gasteiger partial charge in [0.25, 0.3) is 11.8 Å². The van der Waals surface area contributed by atoms with Crippen LogP contribution in [0.4, 0.5) is 0 Å². The summed E-state index contributed by atoms with van der Waals surface area (Å²) in [7, 11) is 3.45. The summed E-state index contributed by atoms with van der Waals surface area (Å²) in [6, 6.07) is 14.9. The van der Waals surface area contributed by atoms with Crippen LogP contribution in [0.3, 0.4) is 0 Å². The van der Waals surface area contributed by atoms with Gasteiger partial charge in [-0.05, 0) is 36.8 Å². The van der Waals surface area contributed by atoms with E-state index in [1.807, 2.05) is 43.3 Å². The van der Waals surface area contributed by atoms with E-state index >= 15 is 0 Å². The minimum atomic E-state index is -0.115. The molecule has 0 atom stereocenters. The first-order chi connectivity index (χ1) is 13.9. The van der Waals surface area contributed by atoms with Gasteiger partial charge in [-0.25, -0.2) is 4.98 Å². The number of aryl methyl sites for hydroxylation is 1. The molecule has 0 spiro atoms. The predicted molar refractivity (Wildman–Crippen MR) is 118 cm³/mol. The Morgan fingerprint density at radius 2 is 1.83 bits per heavy atom. The summed E-state index contributed by atoms with van der Waals surface area (Å²) in [6.07, 6.45) is 0. The molecule has 7 heteroatoms. The number of benzene rings is 2. The average molecular weight is 426 g/mol. The zero-order valence-corrected chi connectivity index (χ0v) is 18.3. The van der Waals surface area contributed by atoms with E-state index < -0.39 is 0 Å². The van der Waals surface area contributed by atoms with Crippen LogP contribution < -0.4 is 5.32 Å². The summed E-state index contributed by atoms with van der Waals surface area (Å²) in [5.74, 6) is 0.577. The molecule has 0 saturated heterocycles. The van der Waals surface area contributed by atoms with E-state index in [1.165, 1.54) is 4.90 Å². The molecule has 2 aromatic carbocycles. The number of nitrogens with zero attached hydrogens (tertiary/aromatic N) is 2. The van der Waals surface area contributed by atoms with E-state index in [0.29, 0.717) is 17.7 Å². The largest absolute Gasteiger partial charge is 0.348 e. The van der Waals surface area contributed by atoms with Crippen molar-refractivity contribution in [1.29, 1.82) is 0 Å². The quantitative estimate of drug-likeness (QED) is 0.571. The fourth-order valence-electron chi connectivity index (χ4n) is 2.71. The van der Waals surface area contributed by atoms with Crippen molar-refractivity contribution in [2.24, 2.45) is 0 Å². The Morgan fingerprint density at radius 1 is 1.10 bits per heavy atom. The van der Waals surface area contributed by atoms with Crippen molar-refractivity contribution in [2.45, 2.75) is 24.1 Å². The molecule has 5 nitrogen and oxygen atoms in total. The summed E-state index contributed by atoms with van der Waals surface area (Å²) >= 11 is 3.25. The van der Waals surface area contributed by atoms with Gasteiger partial charge in [0.05, 0.1) is 16.3 Å². The van der Waals surface area contributed by atoms with Crippen LogP contribution in [0.15, 0.2) is 58.8 Å². The van der Waals surface area contributed by atoms with Crippen LogP contribution in [0.25, 0.3) is 0 Å². The Labute approximate surface area is 179 Å². The lowest BCUT2D eigenvalue weighted by Gasteiger charge is -2.12. The molecule has 0 bridgehead atoms. The summed E-state index contributed by atoms with van der Waals surface area (Å²) in [5, 5.41) is 6.07. The number of carbonyl (C=O) groups excluding carboxylic acids is 2. The normalized spacial score (nSPS) is 10.6. The van der Waals surface area contributed by atoms with Gasteiger partial charge in [0.1, 0.15) is 0 Å². The molecular formula is C22H23N3O2S2. The average Bonchev–Trinajstić information content (AvgIpc) is 3.15. The highest BCUT2D eigenvalue weighted by Gasteiger charge is 2.12. The summed E-state index contributed by atoms with van der Waals surface area (Å²) in [4.78, 5) is 31.6. The molecule has 1 heterocycles. The van der Waals surface area contributed by atoms with Crippen molar-refractivity contribution in [1.82, 2.24) is 15.2 Å². The minimum Gasteiger partial charge on any atom is -0.348 e. The molecule has 150 valence electrons. The SMILES string of the molecule is Cc1nc(CSc2ccccc2C(=O)NCc2ccc(C(=O)N(C)C)cc2)cs1. The number of hydrogen-bond donors (Lipinski definition) is 1. The molecule has 1 aromatic heterocycles. The van der Waals surface area contributed by atoms with Crippen LogP contribution in [-0.2, 0) is 12.3 Å². The second-order valence-corrected chi connectivity index (χ2v) is 8.80. The monoisotopic (exact) mass is 425 g/mol. The van der Waals surface area contributed by atoms with Crippen molar-refractivity contribution < 1.29 is 9.59 Å². The Kier molecular flexibility index (Phi) is 7.06. The van der Waals surface area contributed by atoms with E-state index in [2.05, 4.69) is 15.7 Å². The second-order valence-electron chi connectivity index (χ2n) is 6.72. The number of carbonyl (C=O) groups is 2. The number of amides is 2. The van der Waals surface area contributed by atoms with Crippen LogP contribution in [-0.4, -0.2) is 35.8 Å². The zero-order valence-electron chi connectivity index (χ0n) is 16.6. The minimum absolute atomic E-state index is 0.0400. The number of thioether (sulfide) groups is 1. The molecule has 1 N–H and O–H groups in total. The molecule has 3 aromatic rings. The molecule has 0 aliphatic rings. The third-order valence-corrected chi connectivity index (χ3v) is 6.16. The highest BCUT2D eigenvalue weighted by molar-refractivity contribution is 7.98. The standard InChI is InChI=1S/C22H23N3O2S2/c1-15-24-18(13-28-15)14-29-20-7-5-4-6-19(20)21(26)23-12-16-8-10-17(11-9-16)22(27)25(2)3/h4-11,13H,12,14H2,1-3H3,(H,23,26). The number of hydrogen-bond acceptors (Lipinski definition) is 5. The van der Waals surface area contributed by atoms with Crippen LogP contribution in [0.2, 0.25) is 0 Å². The number of aromatic nitrogens is 1. The van der Waals surface area contributed by atoms with E-state index in [0.717, 1.165) is 26.9 Å². The maximum absolute atomic E-state index is 12.7. The lowest BCUT2D eigenvalue weighted by molar-refractivity contribution is 0.0827. The van der Waals surface area contributed by atoms with Crippen molar-refractivity contribution in [3.8, 4) is 0 Å². The zero-order chi connectivity index (χ0) is 20.8. The summed E-state index contributed by atoms with van der Waals surface area (Å²) < 4.78 is 0. The number of nitrogens with one attached hydrogen (secondary N) is 1. The first-order valence-corrected chi connectivity index (χ1v) is 11.0. The van der Waals surface area contributed by atoms with E-state index in [1.54, 1.807) is 49.3 Å². The van der Waals surface area contributed by atoms with E-state index in [-0.39, 0.29) is 11.8 Å². The van der Waals surface area contributed by atoms with Gasteiger partial charge in [-0.15, -0.1) is 23.1 Å². The first-order valence-electron chi connectivity index (χ1n) is 9.15. The maximum atomic E-state index is 12.7. The molecular weight excluding hydrogens is 402 g/mol. The van der Waals surface area contributed by atoms with Gasteiger partial charge in [0, 0.05) is 42.2 Å². The van der Waals surface area contributed by atoms with Crippen LogP contribution in [0, 0.1) is 6.92 Å². The van der Waals surface area contributed by atoms with E-state index in [4.69, 9.17) is 0 Å². The Bertz CT molecular complexity index is 997.